The average molecular weight is 278 g/mol. The van der Waals surface area contributed by atoms with Gasteiger partial charge in [-0.25, -0.2) is 0 Å². The van der Waals surface area contributed by atoms with Crippen molar-refractivity contribution in [1.82, 2.24) is 0 Å². The van der Waals surface area contributed by atoms with Crippen molar-refractivity contribution >= 4 is 0 Å². The molecule has 0 radical (unpaired) electrons. The lowest BCUT2D eigenvalue weighted by molar-refractivity contribution is -0.0378. The van der Waals surface area contributed by atoms with Gasteiger partial charge in [0, 0.05) is 0 Å². The first-order valence-corrected chi connectivity index (χ1v) is 9.10. The summed E-state index contributed by atoms with van der Waals surface area (Å²) in [4.78, 5) is 0. The minimum Gasteiger partial charge on any atom is -0.378 e. The van der Waals surface area contributed by atoms with Crippen LogP contribution in [0.25, 0.3) is 0 Å². The van der Waals surface area contributed by atoms with Crippen LogP contribution in [-0.2, 0) is 4.74 Å². The van der Waals surface area contributed by atoms with Gasteiger partial charge in [-0.15, -0.1) is 0 Å². The van der Waals surface area contributed by atoms with E-state index in [1.807, 2.05) is 0 Å². The molecule has 0 spiro atoms. The van der Waals surface area contributed by atoms with Crippen molar-refractivity contribution in [3.8, 4) is 0 Å². The number of hydrogen-bond donors (Lipinski definition) is 0. The van der Waals surface area contributed by atoms with E-state index in [-0.39, 0.29) is 0 Å². The Morgan fingerprint density at radius 1 is 0.850 bits per heavy atom. The molecule has 2 saturated carbocycles. The molecule has 3 rings (SSSR count). The van der Waals surface area contributed by atoms with Gasteiger partial charge in [-0.2, -0.15) is 0 Å². The van der Waals surface area contributed by atoms with Crippen LogP contribution >= 0.6 is 0 Å². The summed E-state index contributed by atoms with van der Waals surface area (Å²) in [5.41, 5.74) is 0.556. The van der Waals surface area contributed by atoms with Crippen LogP contribution < -0.4 is 0 Å². The van der Waals surface area contributed by atoms with Crippen LogP contribution in [0, 0.1) is 35.0 Å². The lowest BCUT2D eigenvalue weighted by atomic mass is 9.53. The summed E-state index contributed by atoms with van der Waals surface area (Å²) in [5, 5.41) is 0. The second-order valence-electron chi connectivity index (χ2n) is 8.73. The summed E-state index contributed by atoms with van der Waals surface area (Å²) < 4.78 is 6.10. The van der Waals surface area contributed by atoms with Crippen molar-refractivity contribution in [1.29, 1.82) is 0 Å². The van der Waals surface area contributed by atoms with Crippen LogP contribution in [0.2, 0.25) is 0 Å². The van der Waals surface area contributed by atoms with Crippen molar-refractivity contribution < 1.29 is 4.74 Å². The summed E-state index contributed by atoms with van der Waals surface area (Å²) >= 11 is 0. The van der Waals surface area contributed by atoms with Gasteiger partial charge >= 0.3 is 0 Å². The van der Waals surface area contributed by atoms with Gasteiger partial charge in [-0.05, 0) is 80.5 Å². The van der Waals surface area contributed by atoms with E-state index >= 15 is 0 Å². The van der Waals surface area contributed by atoms with Crippen molar-refractivity contribution in [3.63, 3.8) is 0 Å². The molecule has 1 heterocycles. The van der Waals surface area contributed by atoms with Crippen molar-refractivity contribution in [2.45, 2.75) is 78.7 Å². The highest BCUT2D eigenvalue weighted by atomic mass is 16.5. The number of rotatable bonds is 0. The largest absolute Gasteiger partial charge is 0.378 e. The fourth-order valence-electron chi connectivity index (χ4n) is 5.74. The van der Waals surface area contributed by atoms with Gasteiger partial charge in [0.25, 0.3) is 0 Å². The highest BCUT2D eigenvalue weighted by molar-refractivity contribution is 4.96. The Balaban J connectivity index is 1.80. The number of fused-ring (bicyclic) bond motifs is 3. The van der Waals surface area contributed by atoms with E-state index in [1.54, 1.807) is 0 Å². The Hall–Kier alpha value is -0.0400. The summed E-state index contributed by atoms with van der Waals surface area (Å²) in [6.45, 7) is 11.0. The molecule has 3 fully saturated rings. The molecule has 0 aromatic heterocycles. The lowest BCUT2D eigenvalue weighted by Gasteiger charge is -2.52. The smallest absolute Gasteiger partial charge is 0.0547 e. The van der Waals surface area contributed by atoms with Gasteiger partial charge in [0.2, 0.25) is 0 Å². The Bertz CT molecular complexity index is 335. The molecule has 0 aromatic carbocycles. The third kappa shape index (κ3) is 2.67. The zero-order valence-electron chi connectivity index (χ0n) is 14.0. The normalized spacial score (nSPS) is 48.6. The first-order chi connectivity index (χ1) is 9.48. The van der Waals surface area contributed by atoms with Crippen molar-refractivity contribution in [2.75, 3.05) is 6.61 Å². The Morgan fingerprint density at radius 3 is 2.40 bits per heavy atom. The summed E-state index contributed by atoms with van der Waals surface area (Å²) in [7, 11) is 0. The third-order valence-electron chi connectivity index (χ3n) is 7.31. The van der Waals surface area contributed by atoms with Gasteiger partial charge in [0.05, 0.1) is 12.7 Å². The molecule has 20 heavy (non-hydrogen) atoms. The van der Waals surface area contributed by atoms with Crippen LogP contribution in [0.3, 0.4) is 0 Å². The summed E-state index contributed by atoms with van der Waals surface area (Å²) in [5.74, 6) is 4.64. The van der Waals surface area contributed by atoms with E-state index in [9.17, 15) is 0 Å². The van der Waals surface area contributed by atoms with Crippen molar-refractivity contribution in [3.05, 3.63) is 0 Å². The van der Waals surface area contributed by atoms with Gasteiger partial charge in [-0.3, -0.25) is 0 Å². The van der Waals surface area contributed by atoms with E-state index in [0.29, 0.717) is 11.5 Å². The van der Waals surface area contributed by atoms with Crippen LogP contribution in [0.5, 0.6) is 0 Å². The molecule has 1 aliphatic heterocycles. The van der Waals surface area contributed by atoms with Crippen LogP contribution in [0.15, 0.2) is 0 Å². The lowest BCUT2D eigenvalue weighted by Crippen LogP contribution is -2.44. The summed E-state index contributed by atoms with van der Waals surface area (Å²) in [6, 6.07) is 0. The van der Waals surface area contributed by atoms with Crippen molar-refractivity contribution in [2.24, 2.45) is 35.0 Å². The minimum atomic E-state index is 0.495. The molecule has 3 aliphatic rings. The molecule has 3 unspecified atom stereocenters. The maximum atomic E-state index is 6.10. The number of ether oxygens (including phenoxy) is 1. The van der Waals surface area contributed by atoms with Gasteiger partial charge in [0.15, 0.2) is 0 Å². The second kappa shape index (κ2) is 5.63. The molecule has 0 amide bonds. The fraction of sp³-hybridized carbons (Fsp3) is 1.00. The monoisotopic (exact) mass is 278 g/mol. The van der Waals surface area contributed by atoms with Crippen LogP contribution in [0.1, 0.15) is 72.6 Å². The van der Waals surface area contributed by atoms with E-state index < -0.39 is 0 Å². The molecule has 0 aromatic rings. The zero-order valence-corrected chi connectivity index (χ0v) is 14.0. The maximum Gasteiger partial charge on any atom is 0.0547 e. The Kier molecular flexibility index (Phi) is 4.19. The van der Waals surface area contributed by atoms with E-state index in [2.05, 4.69) is 27.7 Å². The first kappa shape index (κ1) is 14.9. The molecular weight excluding hydrogens is 244 g/mol. The van der Waals surface area contributed by atoms with E-state index in [0.717, 1.165) is 36.2 Å². The number of hydrogen-bond acceptors (Lipinski definition) is 1. The van der Waals surface area contributed by atoms with E-state index in [1.165, 1.54) is 44.9 Å². The molecule has 2 aliphatic carbocycles. The Morgan fingerprint density at radius 2 is 1.60 bits per heavy atom. The molecule has 1 saturated heterocycles. The molecule has 1 nitrogen and oxygen atoms in total. The molecule has 1 heteroatoms. The second-order valence-corrected chi connectivity index (χ2v) is 8.73. The van der Waals surface area contributed by atoms with E-state index in [4.69, 9.17) is 4.74 Å². The molecule has 2 bridgehead atoms. The van der Waals surface area contributed by atoms with Crippen LogP contribution in [-0.4, -0.2) is 12.7 Å². The highest BCUT2D eigenvalue weighted by Gasteiger charge is 2.46. The zero-order chi connectivity index (χ0) is 14.3. The average Bonchev–Trinajstić information content (AvgIpc) is 2.55. The standard InChI is InChI=1S/C19H34O/c1-13-5-9-17-11-16-12-20-14(2)6-7-15(16)8-10-18(13)19(17,3)4/h13-18H,5-12H2,1-4H3/t13?,14-,15?,16?,17+,18+/m0/s1. The topological polar surface area (TPSA) is 9.23 Å². The third-order valence-corrected chi connectivity index (χ3v) is 7.31. The maximum absolute atomic E-state index is 6.10. The van der Waals surface area contributed by atoms with Gasteiger partial charge in [0.1, 0.15) is 0 Å². The van der Waals surface area contributed by atoms with Gasteiger partial charge < -0.3 is 4.74 Å². The highest BCUT2D eigenvalue weighted by Crippen LogP contribution is 2.55. The predicted molar refractivity (Wildman–Crippen MR) is 84.6 cm³/mol. The van der Waals surface area contributed by atoms with Gasteiger partial charge in [-0.1, -0.05) is 27.2 Å². The molecule has 0 N–H and O–H groups in total. The summed E-state index contributed by atoms with van der Waals surface area (Å²) in [6.07, 6.45) is 10.5. The predicted octanol–water partition coefficient (Wildman–Crippen LogP) is 5.29. The fourth-order valence-corrected chi connectivity index (χ4v) is 5.74. The first-order valence-electron chi connectivity index (χ1n) is 9.10. The Labute approximate surface area is 125 Å². The van der Waals surface area contributed by atoms with Crippen LogP contribution in [0.4, 0.5) is 0 Å². The molecule has 116 valence electrons. The molecular formula is C19H34O. The minimum absolute atomic E-state index is 0.495. The quantitative estimate of drug-likeness (QED) is 0.585. The molecule has 6 atom stereocenters. The SMILES string of the molecule is CC1CC[C@@H]2CC3CO[C@@H](C)CCC3CC[C@H]1C2(C)C.